The molecule has 2 N–H and O–H groups in total. The number of unbranched alkanes of at least 4 members (excludes halogenated alkanes) is 2. The summed E-state index contributed by atoms with van der Waals surface area (Å²) in [6.07, 6.45) is 6.72. The number of aromatic nitrogens is 3. The largest absolute Gasteiger partial charge is 0.357 e. The summed E-state index contributed by atoms with van der Waals surface area (Å²) in [5.74, 6) is 2.08. The van der Waals surface area contributed by atoms with Gasteiger partial charge in [-0.15, -0.1) is 0 Å². The van der Waals surface area contributed by atoms with E-state index >= 15 is 0 Å². The Kier molecular flexibility index (Phi) is 8.09. The van der Waals surface area contributed by atoms with E-state index < -0.39 is 0 Å². The molecule has 2 heterocycles. The minimum absolute atomic E-state index is 0.123. The fraction of sp³-hybridized carbons (Fsp3) is 0.864. The van der Waals surface area contributed by atoms with Gasteiger partial charge in [-0.1, -0.05) is 26.7 Å². The smallest absolute Gasteiger partial charge is 0.232 e. The van der Waals surface area contributed by atoms with Crippen LogP contribution >= 0.6 is 0 Å². The SMILES string of the molecule is CCCCNc1nc(NC)nc(N(CCCC)C2CC(C)(C)N(C)C(C)(C)C2)n1. The van der Waals surface area contributed by atoms with Crippen LogP contribution in [0.3, 0.4) is 0 Å². The highest BCUT2D eigenvalue weighted by Gasteiger charge is 2.45. The van der Waals surface area contributed by atoms with Gasteiger partial charge in [0.05, 0.1) is 0 Å². The number of nitrogens with zero attached hydrogens (tertiary/aromatic N) is 5. The fourth-order valence-corrected chi connectivity index (χ4v) is 4.37. The average Bonchev–Trinajstić information content (AvgIpc) is 2.66. The van der Waals surface area contributed by atoms with E-state index in [0.717, 1.165) is 57.6 Å². The van der Waals surface area contributed by atoms with Gasteiger partial charge in [-0.3, -0.25) is 4.90 Å². The third-order valence-electron chi connectivity index (χ3n) is 6.40. The molecule has 166 valence electrons. The molecule has 2 rings (SSSR count). The average molecular weight is 406 g/mol. The van der Waals surface area contributed by atoms with Crippen LogP contribution in [0, 0.1) is 0 Å². The van der Waals surface area contributed by atoms with E-state index in [0.29, 0.717) is 17.9 Å². The summed E-state index contributed by atoms with van der Waals surface area (Å²) in [5, 5.41) is 6.49. The molecule has 1 fully saturated rings. The number of hydrogen-bond donors (Lipinski definition) is 2. The Morgan fingerprint density at radius 1 is 0.966 bits per heavy atom. The van der Waals surface area contributed by atoms with Gasteiger partial charge in [0.15, 0.2) is 0 Å². The van der Waals surface area contributed by atoms with Crippen LogP contribution in [0.5, 0.6) is 0 Å². The zero-order valence-corrected chi connectivity index (χ0v) is 20.0. The molecule has 29 heavy (non-hydrogen) atoms. The molecule has 1 aromatic rings. The Hall–Kier alpha value is -1.63. The van der Waals surface area contributed by atoms with Crippen molar-refractivity contribution >= 4 is 17.8 Å². The minimum Gasteiger partial charge on any atom is -0.357 e. The predicted molar refractivity (Wildman–Crippen MR) is 124 cm³/mol. The molecule has 0 aromatic carbocycles. The maximum atomic E-state index is 4.84. The van der Waals surface area contributed by atoms with Crippen molar-refractivity contribution in [1.82, 2.24) is 19.9 Å². The topological polar surface area (TPSA) is 69.2 Å². The van der Waals surface area contributed by atoms with Crippen molar-refractivity contribution < 1.29 is 0 Å². The lowest BCUT2D eigenvalue weighted by molar-refractivity contribution is -0.0129. The number of hydrogen-bond acceptors (Lipinski definition) is 7. The Morgan fingerprint density at radius 2 is 1.55 bits per heavy atom. The minimum atomic E-state index is 0.123. The number of piperidine rings is 1. The highest BCUT2D eigenvalue weighted by atomic mass is 15.4. The van der Waals surface area contributed by atoms with E-state index in [1.165, 1.54) is 0 Å². The molecule has 0 bridgehead atoms. The number of likely N-dealkylation sites (tertiary alicyclic amines) is 1. The van der Waals surface area contributed by atoms with Crippen molar-refractivity contribution in [3.63, 3.8) is 0 Å². The normalized spacial score (nSPS) is 19.2. The highest BCUT2D eigenvalue weighted by molar-refractivity contribution is 5.44. The van der Waals surface area contributed by atoms with Gasteiger partial charge in [0, 0.05) is 37.3 Å². The fourth-order valence-electron chi connectivity index (χ4n) is 4.37. The van der Waals surface area contributed by atoms with Crippen molar-refractivity contribution in [3.8, 4) is 0 Å². The van der Waals surface area contributed by atoms with Gasteiger partial charge in [0.1, 0.15) is 0 Å². The Bertz CT molecular complexity index is 626. The van der Waals surface area contributed by atoms with Gasteiger partial charge in [0.2, 0.25) is 17.8 Å². The molecule has 1 aromatic heterocycles. The standard InChI is InChI=1S/C22H43N7/c1-9-11-13-24-19-25-18(23-7)26-20(27-19)29(14-12-10-2)17-15-21(3,4)28(8)22(5,6)16-17/h17H,9-16H2,1-8H3,(H2,23,24,25,26,27). The summed E-state index contributed by atoms with van der Waals surface area (Å²) >= 11 is 0. The molecule has 7 nitrogen and oxygen atoms in total. The molecule has 0 radical (unpaired) electrons. The Labute approximate surface area is 178 Å². The van der Waals surface area contributed by atoms with Crippen molar-refractivity contribution in [3.05, 3.63) is 0 Å². The molecule has 1 aliphatic heterocycles. The molecular formula is C22H43N7. The molecule has 0 spiro atoms. The number of nitrogens with one attached hydrogen (secondary N) is 2. The summed E-state index contributed by atoms with van der Waals surface area (Å²) in [7, 11) is 4.12. The van der Waals surface area contributed by atoms with Gasteiger partial charge in [-0.05, 0) is 60.4 Å². The van der Waals surface area contributed by atoms with Gasteiger partial charge in [-0.2, -0.15) is 15.0 Å². The van der Waals surface area contributed by atoms with Crippen molar-refractivity contribution in [2.24, 2.45) is 0 Å². The van der Waals surface area contributed by atoms with E-state index in [9.17, 15) is 0 Å². The summed E-state index contributed by atoms with van der Waals surface area (Å²) in [5.41, 5.74) is 0.246. The molecule has 0 unspecified atom stereocenters. The van der Waals surface area contributed by atoms with E-state index in [1.54, 1.807) is 0 Å². The molecular weight excluding hydrogens is 362 g/mol. The van der Waals surface area contributed by atoms with Crippen LogP contribution in [-0.2, 0) is 0 Å². The monoisotopic (exact) mass is 405 g/mol. The summed E-state index contributed by atoms with van der Waals surface area (Å²) in [6, 6.07) is 0.401. The van der Waals surface area contributed by atoms with Crippen LogP contribution in [0.4, 0.5) is 17.8 Å². The first-order valence-corrected chi connectivity index (χ1v) is 11.3. The van der Waals surface area contributed by atoms with Crippen LogP contribution in [0.1, 0.15) is 80.1 Å². The summed E-state index contributed by atoms with van der Waals surface area (Å²) in [6.45, 7) is 15.7. The van der Waals surface area contributed by atoms with Crippen LogP contribution in [-0.4, -0.2) is 64.2 Å². The number of rotatable bonds is 10. The van der Waals surface area contributed by atoms with Gasteiger partial charge >= 0.3 is 0 Å². The molecule has 0 aliphatic carbocycles. The van der Waals surface area contributed by atoms with E-state index in [4.69, 9.17) is 9.97 Å². The van der Waals surface area contributed by atoms with Crippen LogP contribution < -0.4 is 15.5 Å². The van der Waals surface area contributed by atoms with Gasteiger partial charge in [-0.25, -0.2) is 0 Å². The van der Waals surface area contributed by atoms with Crippen molar-refractivity contribution in [1.29, 1.82) is 0 Å². The first-order chi connectivity index (χ1) is 13.6. The summed E-state index contributed by atoms with van der Waals surface area (Å²) in [4.78, 5) is 19.1. The third kappa shape index (κ3) is 5.93. The first-order valence-electron chi connectivity index (χ1n) is 11.3. The molecule has 1 aliphatic rings. The van der Waals surface area contributed by atoms with Crippen molar-refractivity contribution in [2.75, 3.05) is 42.7 Å². The van der Waals surface area contributed by atoms with Crippen LogP contribution in [0.2, 0.25) is 0 Å². The first kappa shape index (κ1) is 23.6. The lowest BCUT2D eigenvalue weighted by Gasteiger charge is -2.55. The quantitative estimate of drug-likeness (QED) is 0.560. The summed E-state index contributed by atoms with van der Waals surface area (Å²) < 4.78 is 0. The second kappa shape index (κ2) is 9.92. The molecule has 0 atom stereocenters. The van der Waals surface area contributed by atoms with Gasteiger partial charge < -0.3 is 15.5 Å². The van der Waals surface area contributed by atoms with E-state index in [-0.39, 0.29) is 11.1 Å². The highest BCUT2D eigenvalue weighted by Crippen LogP contribution is 2.39. The lowest BCUT2D eigenvalue weighted by Crippen LogP contribution is -2.63. The Balaban J connectivity index is 2.37. The van der Waals surface area contributed by atoms with Crippen LogP contribution in [0.15, 0.2) is 0 Å². The van der Waals surface area contributed by atoms with E-state index in [2.05, 4.69) is 74.0 Å². The molecule has 0 amide bonds. The third-order valence-corrected chi connectivity index (χ3v) is 6.40. The van der Waals surface area contributed by atoms with Crippen LogP contribution in [0.25, 0.3) is 0 Å². The molecule has 7 heteroatoms. The van der Waals surface area contributed by atoms with Gasteiger partial charge in [0.25, 0.3) is 0 Å². The maximum absolute atomic E-state index is 4.84. The second-order valence-electron chi connectivity index (χ2n) is 9.61. The molecule has 1 saturated heterocycles. The van der Waals surface area contributed by atoms with Crippen molar-refractivity contribution in [2.45, 2.75) is 97.2 Å². The van der Waals surface area contributed by atoms with E-state index in [1.807, 2.05) is 7.05 Å². The zero-order valence-electron chi connectivity index (χ0n) is 20.0. The predicted octanol–water partition coefficient (Wildman–Crippen LogP) is 4.38. The second-order valence-corrected chi connectivity index (χ2v) is 9.61. The maximum Gasteiger partial charge on any atom is 0.232 e. The zero-order chi connectivity index (χ0) is 21.7. The molecule has 0 saturated carbocycles. The number of anilines is 3. The lowest BCUT2D eigenvalue weighted by atomic mass is 9.77. The Morgan fingerprint density at radius 3 is 2.10 bits per heavy atom.